The minimum absolute atomic E-state index is 0.0384. The fourth-order valence-electron chi connectivity index (χ4n) is 2.42. The molecule has 174 valence electrons. The van der Waals surface area contributed by atoms with Crippen LogP contribution in [-0.4, -0.2) is 46.5 Å². The normalized spacial score (nSPS) is 11.5. The lowest BCUT2D eigenvalue weighted by Crippen LogP contribution is -2.38. The van der Waals surface area contributed by atoms with E-state index in [1.165, 1.54) is 0 Å². The molecule has 1 atom stereocenters. The van der Waals surface area contributed by atoms with Gasteiger partial charge in [0.05, 0.1) is 5.56 Å². The Bertz CT molecular complexity index is 983. The molecule has 2 aromatic rings. The van der Waals surface area contributed by atoms with E-state index in [4.69, 9.17) is 10.5 Å². The molecule has 1 aromatic heterocycles. The van der Waals surface area contributed by atoms with E-state index >= 15 is 0 Å². The summed E-state index contributed by atoms with van der Waals surface area (Å²) in [7, 11) is 0. The largest absolute Gasteiger partial charge is 0.471 e. The highest BCUT2D eigenvalue weighted by atomic mass is 79.9. The van der Waals surface area contributed by atoms with Gasteiger partial charge in [-0.1, -0.05) is 15.9 Å². The minimum Gasteiger partial charge on any atom is -0.471 e. The van der Waals surface area contributed by atoms with E-state index in [0.29, 0.717) is 18.1 Å². The average molecular weight is 536 g/mol. The number of anilines is 1. The van der Waals surface area contributed by atoms with Gasteiger partial charge in [0.1, 0.15) is 34.9 Å². The van der Waals surface area contributed by atoms with Crippen molar-refractivity contribution in [1.29, 1.82) is 0 Å². The zero-order chi connectivity index (χ0) is 23.8. The number of aromatic nitrogens is 1. The molecule has 0 saturated carbocycles. The van der Waals surface area contributed by atoms with Crippen LogP contribution in [0.3, 0.4) is 0 Å². The van der Waals surface area contributed by atoms with Gasteiger partial charge in [0, 0.05) is 17.6 Å². The van der Waals surface area contributed by atoms with E-state index in [1.807, 2.05) is 0 Å². The molecule has 0 spiro atoms. The van der Waals surface area contributed by atoms with Crippen LogP contribution in [0.2, 0.25) is 0 Å². The number of benzene rings is 1. The number of carbonyl (C=O) groups is 3. The van der Waals surface area contributed by atoms with Crippen LogP contribution in [-0.2, 0) is 11.4 Å². The molecule has 14 heteroatoms. The monoisotopic (exact) mass is 535 g/mol. The SMILES string of the molecule is CCNC(=O)C(O)CCNC(=O)Nc1snc(OCc2c(F)cc(Br)cc2F)c1C(N)=O. The number of carbonyl (C=O) groups excluding carboxylic acids is 3. The Labute approximate surface area is 193 Å². The zero-order valence-electron chi connectivity index (χ0n) is 16.7. The molecule has 1 heterocycles. The molecule has 0 aliphatic heterocycles. The van der Waals surface area contributed by atoms with Gasteiger partial charge < -0.3 is 26.2 Å². The molecule has 6 N–H and O–H groups in total. The summed E-state index contributed by atoms with van der Waals surface area (Å²) in [5, 5.41) is 16.8. The summed E-state index contributed by atoms with van der Waals surface area (Å²) >= 11 is 3.64. The fourth-order valence-corrected chi connectivity index (χ4v) is 3.56. The summed E-state index contributed by atoms with van der Waals surface area (Å²) < 4.78 is 37.2. The van der Waals surface area contributed by atoms with Crippen molar-refractivity contribution in [2.24, 2.45) is 5.73 Å². The lowest BCUT2D eigenvalue weighted by atomic mass is 10.2. The number of urea groups is 1. The molecule has 0 saturated heterocycles. The highest BCUT2D eigenvalue weighted by molar-refractivity contribution is 9.10. The predicted octanol–water partition coefficient (Wildman–Crippen LogP) is 1.87. The Balaban J connectivity index is 2.00. The highest BCUT2D eigenvalue weighted by Gasteiger charge is 2.23. The lowest BCUT2D eigenvalue weighted by Gasteiger charge is -2.11. The van der Waals surface area contributed by atoms with E-state index in [9.17, 15) is 28.3 Å². The summed E-state index contributed by atoms with van der Waals surface area (Å²) in [6.07, 6.45) is -1.33. The number of amides is 4. The highest BCUT2D eigenvalue weighted by Crippen LogP contribution is 2.31. The van der Waals surface area contributed by atoms with Gasteiger partial charge in [-0.15, -0.1) is 0 Å². The molecule has 0 fully saturated rings. The Morgan fingerprint density at radius 2 is 1.94 bits per heavy atom. The Kier molecular flexibility index (Phi) is 9.28. The number of likely N-dealkylation sites (N-methyl/N-ethyl adjacent to an activating group) is 1. The predicted molar refractivity (Wildman–Crippen MR) is 115 cm³/mol. The Hall–Kier alpha value is -2.84. The van der Waals surface area contributed by atoms with Gasteiger partial charge in [0.2, 0.25) is 11.8 Å². The van der Waals surface area contributed by atoms with Crippen molar-refractivity contribution in [3.63, 3.8) is 0 Å². The Morgan fingerprint density at radius 3 is 2.53 bits per heavy atom. The van der Waals surface area contributed by atoms with Gasteiger partial charge in [-0.3, -0.25) is 14.9 Å². The van der Waals surface area contributed by atoms with Crippen LogP contribution in [0.15, 0.2) is 16.6 Å². The lowest BCUT2D eigenvalue weighted by molar-refractivity contribution is -0.129. The first kappa shape index (κ1) is 25.4. The van der Waals surface area contributed by atoms with Gasteiger partial charge in [0.25, 0.3) is 5.91 Å². The second-order valence-electron chi connectivity index (χ2n) is 6.27. The van der Waals surface area contributed by atoms with Gasteiger partial charge in [-0.05, 0) is 37.0 Å². The third kappa shape index (κ3) is 6.83. The van der Waals surface area contributed by atoms with Crippen molar-refractivity contribution >= 4 is 50.3 Å². The van der Waals surface area contributed by atoms with Crippen LogP contribution in [0.4, 0.5) is 18.6 Å². The molecule has 4 amide bonds. The third-order valence-corrected chi connectivity index (χ3v) is 5.15. The Morgan fingerprint density at radius 1 is 1.28 bits per heavy atom. The van der Waals surface area contributed by atoms with Crippen molar-refractivity contribution in [2.45, 2.75) is 26.1 Å². The van der Waals surface area contributed by atoms with Crippen LogP contribution in [0.5, 0.6) is 5.88 Å². The quantitative estimate of drug-likeness (QED) is 0.312. The standard InChI is InChI=1S/C18H20BrF2N5O5S/c1-2-23-15(29)12(27)3-4-24-18(30)25-17-13(14(22)28)16(26-32-17)31-7-9-10(20)5-8(19)6-11(9)21/h5-6,12,27H,2-4,7H2,1H3,(H2,22,28)(H,23,29)(H2,24,25,30). The van der Waals surface area contributed by atoms with E-state index in [-0.39, 0.29) is 39.4 Å². The first-order valence-corrected chi connectivity index (χ1v) is 10.8. The number of nitrogens with two attached hydrogens (primary N) is 1. The fraction of sp³-hybridized carbons (Fsp3) is 0.333. The maximum absolute atomic E-state index is 14.0. The molecule has 0 radical (unpaired) electrons. The molecular formula is C18H20BrF2N5O5S. The van der Waals surface area contributed by atoms with Crippen molar-refractivity contribution in [2.75, 3.05) is 18.4 Å². The van der Waals surface area contributed by atoms with Crippen LogP contribution in [0, 0.1) is 11.6 Å². The number of halogens is 3. The van der Waals surface area contributed by atoms with Crippen molar-refractivity contribution in [1.82, 2.24) is 15.0 Å². The van der Waals surface area contributed by atoms with Crippen LogP contribution < -0.4 is 26.4 Å². The molecule has 0 bridgehead atoms. The molecular weight excluding hydrogens is 516 g/mol. The van der Waals surface area contributed by atoms with E-state index in [1.54, 1.807) is 6.92 Å². The van der Waals surface area contributed by atoms with Crippen LogP contribution in [0.25, 0.3) is 0 Å². The average Bonchev–Trinajstić information content (AvgIpc) is 3.09. The number of primary amides is 1. The number of hydrogen-bond donors (Lipinski definition) is 5. The molecule has 32 heavy (non-hydrogen) atoms. The van der Waals surface area contributed by atoms with E-state index < -0.39 is 42.2 Å². The number of ether oxygens (including phenoxy) is 1. The number of nitrogens with one attached hydrogen (secondary N) is 3. The minimum atomic E-state index is -1.29. The number of aliphatic hydroxyl groups excluding tert-OH is 1. The summed E-state index contributed by atoms with van der Waals surface area (Å²) in [6, 6.07) is 1.35. The number of aliphatic hydroxyl groups is 1. The molecule has 10 nitrogen and oxygen atoms in total. The molecule has 2 rings (SSSR count). The van der Waals surface area contributed by atoms with Crippen LogP contribution in [0.1, 0.15) is 29.3 Å². The van der Waals surface area contributed by atoms with Crippen molar-refractivity contribution in [3.8, 4) is 5.88 Å². The summed E-state index contributed by atoms with van der Waals surface area (Å²) in [5.41, 5.74) is 4.68. The van der Waals surface area contributed by atoms with Gasteiger partial charge in [-0.25, -0.2) is 13.6 Å². The van der Waals surface area contributed by atoms with Gasteiger partial charge >= 0.3 is 6.03 Å². The number of rotatable bonds is 10. The summed E-state index contributed by atoms with van der Waals surface area (Å²) in [6.45, 7) is 1.45. The zero-order valence-corrected chi connectivity index (χ0v) is 19.1. The maximum atomic E-state index is 14.0. The van der Waals surface area contributed by atoms with Crippen molar-refractivity contribution < 1.29 is 33.0 Å². The van der Waals surface area contributed by atoms with Crippen molar-refractivity contribution in [3.05, 3.63) is 39.4 Å². The smallest absolute Gasteiger partial charge is 0.319 e. The van der Waals surface area contributed by atoms with E-state index in [0.717, 1.165) is 12.1 Å². The topological polar surface area (TPSA) is 156 Å². The van der Waals surface area contributed by atoms with Gasteiger partial charge in [-0.2, -0.15) is 4.37 Å². The third-order valence-electron chi connectivity index (χ3n) is 3.95. The molecule has 1 aromatic carbocycles. The second-order valence-corrected chi connectivity index (χ2v) is 7.96. The second kappa shape index (κ2) is 11.7. The first-order chi connectivity index (χ1) is 15.1. The maximum Gasteiger partial charge on any atom is 0.319 e. The number of hydrogen-bond acceptors (Lipinski definition) is 7. The number of nitrogens with zero attached hydrogens (tertiary/aromatic N) is 1. The van der Waals surface area contributed by atoms with E-state index in [2.05, 4.69) is 36.3 Å². The molecule has 0 aliphatic rings. The molecule has 1 unspecified atom stereocenters. The van der Waals surface area contributed by atoms with Crippen LogP contribution >= 0.6 is 27.5 Å². The summed E-state index contributed by atoms with van der Waals surface area (Å²) in [5.74, 6) is -3.56. The summed E-state index contributed by atoms with van der Waals surface area (Å²) in [4.78, 5) is 35.3. The first-order valence-electron chi connectivity index (χ1n) is 9.20. The molecule has 0 aliphatic carbocycles. The van der Waals surface area contributed by atoms with Gasteiger partial charge in [0.15, 0.2) is 0 Å².